The van der Waals surface area contributed by atoms with E-state index in [-0.39, 0.29) is 5.82 Å². The second-order valence-electron chi connectivity index (χ2n) is 13.3. The highest BCUT2D eigenvalue weighted by molar-refractivity contribution is 6.21. The van der Waals surface area contributed by atoms with Crippen molar-refractivity contribution in [3.63, 3.8) is 0 Å². The van der Waals surface area contributed by atoms with Gasteiger partial charge in [-0.3, -0.25) is 4.57 Å². The van der Waals surface area contributed by atoms with Gasteiger partial charge in [-0.2, -0.15) is 0 Å². The standard InChI is InChI=1S/C49H31FN2/c50-39-26-29-46-45(31-39)51-49(36-21-18-34(19-22-36)32-10-2-1-3-11-32)52(46)40-27-24-35(25-28-40)47-41-14-6-8-16-43(41)48(44-17-9-7-15-42(44)47)38-23-20-33-12-4-5-13-37(33)30-38/h1-31H. The molecule has 9 aromatic carbocycles. The molecule has 0 saturated carbocycles. The van der Waals surface area contributed by atoms with E-state index >= 15 is 0 Å². The minimum Gasteiger partial charge on any atom is -0.292 e. The quantitative estimate of drug-likeness (QED) is 0.167. The Labute approximate surface area is 300 Å². The van der Waals surface area contributed by atoms with Gasteiger partial charge in [-0.05, 0) is 96.0 Å². The summed E-state index contributed by atoms with van der Waals surface area (Å²) in [4.78, 5) is 4.97. The maximum Gasteiger partial charge on any atom is 0.145 e. The molecule has 52 heavy (non-hydrogen) atoms. The summed E-state index contributed by atoms with van der Waals surface area (Å²) in [5, 5.41) is 7.33. The molecule has 3 heteroatoms. The molecule has 0 radical (unpaired) electrons. The van der Waals surface area contributed by atoms with Crippen molar-refractivity contribution in [3.8, 4) is 50.5 Å². The van der Waals surface area contributed by atoms with E-state index in [9.17, 15) is 4.39 Å². The molecule has 10 aromatic rings. The van der Waals surface area contributed by atoms with Crippen LogP contribution in [-0.2, 0) is 0 Å². The molecule has 10 rings (SSSR count). The van der Waals surface area contributed by atoms with Crippen molar-refractivity contribution in [1.82, 2.24) is 9.55 Å². The van der Waals surface area contributed by atoms with Gasteiger partial charge in [0, 0.05) is 17.3 Å². The first-order chi connectivity index (χ1) is 25.7. The molecule has 2 nitrogen and oxygen atoms in total. The first-order valence-electron chi connectivity index (χ1n) is 17.6. The fourth-order valence-electron chi connectivity index (χ4n) is 7.82. The lowest BCUT2D eigenvalue weighted by Crippen LogP contribution is -1.98. The van der Waals surface area contributed by atoms with Crippen LogP contribution in [0.4, 0.5) is 4.39 Å². The van der Waals surface area contributed by atoms with E-state index in [1.807, 2.05) is 24.3 Å². The van der Waals surface area contributed by atoms with Crippen LogP contribution in [0.2, 0.25) is 0 Å². The van der Waals surface area contributed by atoms with Crippen LogP contribution in [0.1, 0.15) is 0 Å². The number of benzene rings is 9. The monoisotopic (exact) mass is 666 g/mol. The summed E-state index contributed by atoms with van der Waals surface area (Å²) in [6.45, 7) is 0. The van der Waals surface area contributed by atoms with Gasteiger partial charge in [-0.1, -0.05) is 152 Å². The van der Waals surface area contributed by atoms with Gasteiger partial charge in [-0.15, -0.1) is 0 Å². The van der Waals surface area contributed by atoms with Crippen LogP contribution in [-0.4, -0.2) is 9.55 Å². The Hall–Kier alpha value is -6.84. The van der Waals surface area contributed by atoms with Gasteiger partial charge in [-0.25, -0.2) is 9.37 Å². The smallest absolute Gasteiger partial charge is 0.145 e. The van der Waals surface area contributed by atoms with E-state index in [0.29, 0.717) is 5.52 Å². The van der Waals surface area contributed by atoms with E-state index < -0.39 is 0 Å². The second-order valence-corrected chi connectivity index (χ2v) is 13.3. The molecule has 0 fully saturated rings. The molecule has 0 spiro atoms. The highest BCUT2D eigenvalue weighted by Gasteiger charge is 2.19. The average molecular weight is 667 g/mol. The predicted octanol–water partition coefficient (Wildman–Crippen LogP) is 13.3. The summed E-state index contributed by atoms with van der Waals surface area (Å²) in [5.41, 5.74) is 10.5. The van der Waals surface area contributed by atoms with Crippen LogP contribution in [0.3, 0.4) is 0 Å². The Morgan fingerprint density at radius 3 is 1.58 bits per heavy atom. The number of imidazole rings is 1. The molecule has 0 saturated heterocycles. The molecular formula is C49H31FN2. The minimum absolute atomic E-state index is 0.302. The zero-order valence-corrected chi connectivity index (χ0v) is 28.2. The summed E-state index contributed by atoms with van der Waals surface area (Å²) in [6, 6.07) is 65.2. The van der Waals surface area contributed by atoms with Crippen molar-refractivity contribution in [1.29, 1.82) is 0 Å². The highest BCUT2D eigenvalue weighted by Crippen LogP contribution is 2.44. The second kappa shape index (κ2) is 12.2. The Balaban J connectivity index is 1.13. The number of aromatic nitrogens is 2. The van der Waals surface area contributed by atoms with Gasteiger partial charge in [0.1, 0.15) is 11.6 Å². The molecule has 244 valence electrons. The lowest BCUT2D eigenvalue weighted by Gasteiger charge is -2.18. The Morgan fingerprint density at radius 1 is 0.385 bits per heavy atom. The predicted molar refractivity (Wildman–Crippen MR) is 215 cm³/mol. The van der Waals surface area contributed by atoms with Crippen LogP contribution < -0.4 is 0 Å². The zero-order valence-electron chi connectivity index (χ0n) is 28.2. The fourth-order valence-corrected chi connectivity index (χ4v) is 7.82. The molecular weight excluding hydrogens is 636 g/mol. The van der Waals surface area contributed by atoms with Crippen molar-refractivity contribution in [2.24, 2.45) is 0 Å². The number of rotatable bonds is 5. The third-order valence-electron chi connectivity index (χ3n) is 10.3. The number of fused-ring (bicyclic) bond motifs is 4. The molecule has 0 amide bonds. The number of nitrogens with zero attached hydrogens (tertiary/aromatic N) is 2. The number of halogens is 1. The van der Waals surface area contributed by atoms with E-state index in [1.165, 1.54) is 61.1 Å². The molecule has 0 aliphatic carbocycles. The molecule has 1 aromatic heterocycles. The van der Waals surface area contributed by atoms with Gasteiger partial charge >= 0.3 is 0 Å². The number of hydrogen-bond donors (Lipinski definition) is 0. The normalized spacial score (nSPS) is 11.6. The molecule has 0 bridgehead atoms. The third kappa shape index (κ3) is 4.98. The third-order valence-corrected chi connectivity index (χ3v) is 10.3. The molecule has 0 aliphatic rings. The van der Waals surface area contributed by atoms with E-state index in [4.69, 9.17) is 4.98 Å². The molecule has 0 unspecified atom stereocenters. The first-order valence-corrected chi connectivity index (χ1v) is 17.6. The van der Waals surface area contributed by atoms with Crippen LogP contribution in [0, 0.1) is 5.82 Å². The fraction of sp³-hybridized carbons (Fsp3) is 0. The summed E-state index contributed by atoms with van der Waals surface area (Å²) in [5.74, 6) is 0.466. The summed E-state index contributed by atoms with van der Waals surface area (Å²) in [6.07, 6.45) is 0. The molecule has 0 N–H and O–H groups in total. The Morgan fingerprint density at radius 2 is 0.904 bits per heavy atom. The van der Waals surface area contributed by atoms with Gasteiger partial charge in [0.15, 0.2) is 0 Å². The zero-order chi connectivity index (χ0) is 34.6. The minimum atomic E-state index is -0.302. The summed E-state index contributed by atoms with van der Waals surface area (Å²) >= 11 is 0. The van der Waals surface area contributed by atoms with Gasteiger partial charge < -0.3 is 0 Å². The lowest BCUT2D eigenvalue weighted by atomic mass is 9.85. The van der Waals surface area contributed by atoms with Crippen LogP contribution >= 0.6 is 0 Å². The van der Waals surface area contributed by atoms with Gasteiger partial charge in [0.2, 0.25) is 0 Å². The Kier molecular flexibility index (Phi) is 7.04. The van der Waals surface area contributed by atoms with E-state index in [2.05, 4.69) is 156 Å². The van der Waals surface area contributed by atoms with Gasteiger partial charge in [0.05, 0.1) is 11.0 Å². The maximum atomic E-state index is 14.5. The number of hydrogen-bond acceptors (Lipinski definition) is 1. The lowest BCUT2D eigenvalue weighted by molar-refractivity contribution is 0.629. The van der Waals surface area contributed by atoms with E-state index in [0.717, 1.165) is 39.3 Å². The van der Waals surface area contributed by atoms with Crippen molar-refractivity contribution in [3.05, 3.63) is 194 Å². The average Bonchev–Trinajstić information content (AvgIpc) is 3.59. The van der Waals surface area contributed by atoms with Crippen LogP contribution in [0.15, 0.2) is 188 Å². The first kappa shape index (κ1) is 30.0. The van der Waals surface area contributed by atoms with Crippen molar-refractivity contribution in [2.75, 3.05) is 0 Å². The topological polar surface area (TPSA) is 17.8 Å². The SMILES string of the molecule is Fc1ccc2c(c1)nc(-c1ccc(-c3ccccc3)cc1)n2-c1ccc(-c2c3ccccc3c(-c3ccc4ccccc4c3)c3ccccc23)cc1. The molecule has 0 atom stereocenters. The van der Waals surface area contributed by atoms with Crippen molar-refractivity contribution < 1.29 is 4.39 Å². The Bertz CT molecular complexity index is 2880. The molecule has 0 aliphatic heterocycles. The van der Waals surface area contributed by atoms with Crippen LogP contribution in [0.25, 0.3) is 93.8 Å². The highest BCUT2D eigenvalue weighted by atomic mass is 19.1. The summed E-state index contributed by atoms with van der Waals surface area (Å²) < 4.78 is 16.6. The summed E-state index contributed by atoms with van der Waals surface area (Å²) in [7, 11) is 0. The van der Waals surface area contributed by atoms with Crippen LogP contribution in [0.5, 0.6) is 0 Å². The maximum absolute atomic E-state index is 14.5. The van der Waals surface area contributed by atoms with Gasteiger partial charge in [0.25, 0.3) is 0 Å². The molecule has 1 heterocycles. The van der Waals surface area contributed by atoms with E-state index in [1.54, 1.807) is 0 Å². The van der Waals surface area contributed by atoms with Crippen molar-refractivity contribution in [2.45, 2.75) is 0 Å². The largest absolute Gasteiger partial charge is 0.292 e. The van der Waals surface area contributed by atoms with Crippen molar-refractivity contribution >= 4 is 43.4 Å².